The van der Waals surface area contributed by atoms with Crippen LogP contribution in [0.25, 0.3) is 6.08 Å². The van der Waals surface area contributed by atoms with Crippen LogP contribution >= 0.6 is 34.2 Å². The van der Waals surface area contributed by atoms with E-state index in [1.165, 1.54) is 18.2 Å². The lowest BCUT2D eigenvalue weighted by atomic mass is 10.1. The lowest BCUT2D eigenvalue weighted by molar-refractivity contribution is -0.384. The maximum atomic E-state index is 12.4. The molecule has 2 aromatic carbocycles. The quantitative estimate of drug-likeness (QED) is 0.142. The standard InChI is InChI=1S/C21H18ClIN2O6/c1-3-7-30-19-16(23)8-12(10-18(19)29-4-2)9-17-21(26)31-20(24-17)14-11-13(25(27)28)5-6-15(14)22/h5-6,8-11H,3-4,7H2,1-2H3/b17-9-. The van der Waals surface area contributed by atoms with E-state index in [0.29, 0.717) is 30.3 Å². The summed E-state index contributed by atoms with van der Waals surface area (Å²) in [5.41, 5.74) is 0.687. The molecule has 162 valence electrons. The summed E-state index contributed by atoms with van der Waals surface area (Å²) >= 11 is 8.27. The molecule has 0 bridgehead atoms. The molecule has 1 heterocycles. The largest absolute Gasteiger partial charge is 0.490 e. The SMILES string of the molecule is CCCOc1c(I)cc(/C=C2\N=C(c3cc([N+](=O)[O-])ccc3Cl)OC2=O)cc1OCC. The van der Waals surface area contributed by atoms with Crippen molar-refractivity contribution in [2.75, 3.05) is 13.2 Å². The monoisotopic (exact) mass is 556 g/mol. The summed E-state index contributed by atoms with van der Waals surface area (Å²) in [4.78, 5) is 27.0. The molecule has 10 heteroatoms. The molecular weight excluding hydrogens is 539 g/mol. The molecule has 0 saturated heterocycles. The fourth-order valence-corrected chi connectivity index (χ4v) is 3.73. The zero-order valence-corrected chi connectivity index (χ0v) is 19.6. The van der Waals surface area contributed by atoms with E-state index in [1.54, 1.807) is 12.1 Å². The second-order valence-electron chi connectivity index (χ2n) is 6.37. The Labute approximate surface area is 197 Å². The van der Waals surface area contributed by atoms with E-state index < -0.39 is 10.9 Å². The zero-order chi connectivity index (χ0) is 22.5. The Hall–Kier alpha value is -2.66. The van der Waals surface area contributed by atoms with Gasteiger partial charge < -0.3 is 14.2 Å². The fraction of sp³-hybridized carbons (Fsp3) is 0.238. The second kappa shape index (κ2) is 10.1. The first-order valence-corrected chi connectivity index (χ1v) is 10.9. The van der Waals surface area contributed by atoms with Gasteiger partial charge in [-0.15, -0.1) is 0 Å². The molecule has 3 rings (SSSR count). The summed E-state index contributed by atoms with van der Waals surface area (Å²) in [6, 6.07) is 7.43. The van der Waals surface area contributed by atoms with E-state index in [0.717, 1.165) is 9.99 Å². The summed E-state index contributed by atoms with van der Waals surface area (Å²) in [5.74, 6) is 0.435. The minimum atomic E-state index is -0.683. The maximum Gasteiger partial charge on any atom is 0.363 e. The number of carbonyl (C=O) groups is 1. The molecule has 0 amide bonds. The van der Waals surface area contributed by atoms with Crippen molar-refractivity contribution >= 4 is 57.8 Å². The highest BCUT2D eigenvalue weighted by atomic mass is 127. The summed E-state index contributed by atoms with van der Waals surface area (Å²) in [7, 11) is 0. The third-order valence-corrected chi connectivity index (χ3v) is 5.23. The van der Waals surface area contributed by atoms with Gasteiger partial charge in [-0.05, 0) is 65.8 Å². The van der Waals surface area contributed by atoms with E-state index in [9.17, 15) is 14.9 Å². The molecule has 0 aromatic heterocycles. The van der Waals surface area contributed by atoms with Crippen molar-refractivity contribution in [3.05, 3.63) is 65.9 Å². The number of aliphatic imine (C=N–C) groups is 1. The molecular formula is C21H18ClIN2O6. The van der Waals surface area contributed by atoms with Crippen molar-refractivity contribution in [1.82, 2.24) is 0 Å². The van der Waals surface area contributed by atoms with Crippen LogP contribution in [0.4, 0.5) is 5.69 Å². The highest BCUT2D eigenvalue weighted by molar-refractivity contribution is 14.1. The number of nitrogens with zero attached hydrogens (tertiary/aromatic N) is 2. The van der Waals surface area contributed by atoms with E-state index >= 15 is 0 Å². The second-order valence-corrected chi connectivity index (χ2v) is 7.94. The number of nitro groups is 1. The number of non-ortho nitro benzene ring substituents is 1. The van der Waals surface area contributed by atoms with Crippen molar-refractivity contribution < 1.29 is 23.9 Å². The van der Waals surface area contributed by atoms with Gasteiger partial charge in [0.1, 0.15) is 0 Å². The Kier molecular flexibility index (Phi) is 7.50. The Morgan fingerprint density at radius 2 is 2.03 bits per heavy atom. The number of ether oxygens (including phenoxy) is 3. The van der Waals surface area contributed by atoms with Crippen LogP contribution in [-0.2, 0) is 9.53 Å². The Balaban J connectivity index is 1.99. The normalized spacial score (nSPS) is 14.4. The molecule has 2 aromatic rings. The van der Waals surface area contributed by atoms with Crippen molar-refractivity contribution in [2.45, 2.75) is 20.3 Å². The van der Waals surface area contributed by atoms with Gasteiger partial charge in [-0.1, -0.05) is 18.5 Å². The number of halogens is 2. The van der Waals surface area contributed by atoms with E-state index in [-0.39, 0.29) is 27.9 Å². The molecule has 0 saturated carbocycles. The molecule has 0 atom stereocenters. The van der Waals surface area contributed by atoms with Gasteiger partial charge in [-0.3, -0.25) is 10.1 Å². The third kappa shape index (κ3) is 5.34. The molecule has 0 fully saturated rings. The average molecular weight is 557 g/mol. The number of rotatable bonds is 8. The Morgan fingerprint density at radius 1 is 1.26 bits per heavy atom. The minimum Gasteiger partial charge on any atom is -0.490 e. The van der Waals surface area contributed by atoms with Crippen LogP contribution in [0.5, 0.6) is 11.5 Å². The molecule has 1 aliphatic rings. The average Bonchev–Trinajstić information content (AvgIpc) is 3.08. The van der Waals surface area contributed by atoms with Crippen LogP contribution in [-0.4, -0.2) is 30.0 Å². The predicted molar refractivity (Wildman–Crippen MR) is 125 cm³/mol. The van der Waals surface area contributed by atoms with Gasteiger partial charge in [-0.25, -0.2) is 9.79 Å². The molecule has 0 unspecified atom stereocenters. The molecule has 0 spiro atoms. The molecule has 0 aliphatic carbocycles. The van der Waals surface area contributed by atoms with Crippen LogP contribution < -0.4 is 9.47 Å². The van der Waals surface area contributed by atoms with Gasteiger partial charge in [0.05, 0.1) is 32.3 Å². The van der Waals surface area contributed by atoms with Crippen LogP contribution in [0.1, 0.15) is 31.4 Å². The first-order valence-electron chi connectivity index (χ1n) is 9.40. The van der Waals surface area contributed by atoms with Crippen LogP contribution in [0.15, 0.2) is 41.0 Å². The topological polar surface area (TPSA) is 100 Å². The number of esters is 1. The van der Waals surface area contributed by atoms with E-state index in [2.05, 4.69) is 27.6 Å². The number of benzene rings is 2. The number of nitro benzene ring substituents is 1. The van der Waals surface area contributed by atoms with Gasteiger partial charge in [0.2, 0.25) is 5.90 Å². The Morgan fingerprint density at radius 3 is 2.71 bits per heavy atom. The number of hydrogen-bond donors (Lipinski definition) is 0. The highest BCUT2D eigenvalue weighted by Crippen LogP contribution is 2.35. The van der Waals surface area contributed by atoms with Gasteiger partial charge in [0, 0.05) is 12.1 Å². The van der Waals surface area contributed by atoms with Crippen LogP contribution in [0.2, 0.25) is 5.02 Å². The van der Waals surface area contributed by atoms with Crippen molar-refractivity contribution in [3.63, 3.8) is 0 Å². The van der Waals surface area contributed by atoms with Crippen molar-refractivity contribution in [1.29, 1.82) is 0 Å². The van der Waals surface area contributed by atoms with Crippen LogP contribution in [0.3, 0.4) is 0 Å². The Bertz CT molecular complexity index is 1100. The third-order valence-electron chi connectivity index (χ3n) is 4.10. The summed E-state index contributed by atoms with van der Waals surface area (Å²) < 4.78 is 17.5. The minimum absolute atomic E-state index is 0.0399. The predicted octanol–water partition coefficient (Wildman–Crippen LogP) is 5.38. The summed E-state index contributed by atoms with van der Waals surface area (Å²) in [6.07, 6.45) is 2.41. The molecule has 31 heavy (non-hydrogen) atoms. The molecule has 8 nitrogen and oxygen atoms in total. The lowest BCUT2D eigenvalue weighted by Gasteiger charge is -2.14. The van der Waals surface area contributed by atoms with Crippen molar-refractivity contribution in [2.24, 2.45) is 4.99 Å². The van der Waals surface area contributed by atoms with Crippen molar-refractivity contribution in [3.8, 4) is 11.5 Å². The smallest absolute Gasteiger partial charge is 0.363 e. The highest BCUT2D eigenvalue weighted by Gasteiger charge is 2.27. The fourth-order valence-electron chi connectivity index (χ4n) is 2.75. The lowest BCUT2D eigenvalue weighted by Crippen LogP contribution is -2.06. The first-order chi connectivity index (χ1) is 14.8. The van der Waals surface area contributed by atoms with Gasteiger partial charge >= 0.3 is 5.97 Å². The molecule has 0 radical (unpaired) electrons. The number of carbonyl (C=O) groups excluding carboxylic acids is 1. The van der Waals surface area contributed by atoms with Gasteiger partial charge in [0.25, 0.3) is 5.69 Å². The molecule has 1 aliphatic heterocycles. The maximum absolute atomic E-state index is 12.4. The van der Waals surface area contributed by atoms with E-state index in [1.807, 2.05) is 19.9 Å². The molecule has 0 N–H and O–H groups in total. The zero-order valence-electron chi connectivity index (χ0n) is 16.7. The first kappa shape index (κ1) is 23.0. The summed E-state index contributed by atoms with van der Waals surface area (Å²) in [5, 5.41) is 11.2. The number of cyclic esters (lactones) is 1. The summed E-state index contributed by atoms with van der Waals surface area (Å²) in [6.45, 7) is 4.89. The van der Waals surface area contributed by atoms with Crippen LogP contribution in [0, 0.1) is 13.7 Å². The number of hydrogen-bond acceptors (Lipinski definition) is 7. The van der Waals surface area contributed by atoms with Gasteiger partial charge in [-0.2, -0.15) is 0 Å². The van der Waals surface area contributed by atoms with Gasteiger partial charge in [0.15, 0.2) is 17.2 Å². The van der Waals surface area contributed by atoms with E-state index in [4.69, 9.17) is 25.8 Å².